The van der Waals surface area contributed by atoms with E-state index in [0.717, 1.165) is 13.2 Å². The van der Waals surface area contributed by atoms with Crippen molar-refractivity contribution < 1.29 is 27.6 Å². The first-order valence-corrected chi connectivity index (χ1v) is 9.34. The summed E-state index contributed by atoms with van der Waals surface area (Å²) in [5, 5.41) is 9.17. The second-order valence-electron chi connectivity index (χ2n) is 6.78. The van der Waals surface area contributed by atoms with Crippen LogP contribution in [0.5, 0.6) is 0 Å². The molecule has 8 nitrogen and oxygen atoms in total. The molecule has 0 radical (unpaired) electrons. The third kappa shape index (κ3) is 4.10. The number of amides is 2. The van der Waals surface area contributed by atoms with Crippen LogP contribution in [0.4, 0.5) is 25.0 Å². The Bertz CT molecular complexity index is 1340. The van der Waals surface area contributed by atoms with E-state index in [4.69, 9.17) is 4.52 Å². The van der Waals surface area contributed by atoms with E-state index in [0.29, 0.717) is 22.3 Å². The average Bonchev–Trinajstić information content (AvgIpc) is 3.16. The molecule has 0 aliphatic rings. The largest absolute Gasteiger partial charge is 0.453 e. The van der Waals surface area contributed by atoms with E-state index in [9.17, 15) is 18.4 Å². The van der Waals surface area contributed by atoms with Crippen LogP contribution in [-0.4, -0.2) is 29.3 Å². The van der Waals surface area contributed by atoms with Crippen LogP contribution in [0.3, 0.4) is 0 Å². The molecular weight excluding hydrogens is 422 g/mol. The third-order valence-electron chi connectivity index (χ3n) is 4.65. The number of ether oxygens (including phenoxy) is 1. The number of carbonyl (C=O) groups excluding carboxylic acids is 2. The zero-order valence-corrected chi connectivity index (χ0v) is 16.9. The first-order chi connectivity index (χ1) is 15.4. The van der Waals surface area contributed by atoms with Gasteiger partial charge in [-0.3, -0.25) is 10.1 Å². The fraction of sp³-hybridized carbons (Fsp3) is 0.0909. The highest BCUT2D eigenvalue weighted by molar-refractivity contribution is 6.13. The first kappa shape index (κ1) is 20.9. The quantitative estimate of drug-likeness (QED) is 0.469. The number of halogens is 2. The molecule has 0 saturated heterocycles. The number of aromatic nitrogens is 2. The topological polar surface area (TPSA) is 106 Å². The van der Waals surface area contributed by atoms with Crippen molar-refractivity contribution in [3.8, 4) is 11.3 Å². The van der Waals surface area contributed by atoms with Gasteiger partial charge in [0.05, 0.1) is 35.1 Å². The van der Waals surface area contributed by atoms with Gasteiger partial charge in [0.2, 0.25) is 0 Å². The Hall–Kier alpha value is -4.34. The molecule has 2 N–H and O–H groups in total. The second-order valence-corrected chi connectivity index (χ2v) is 6.78. The van der Waals surface area contributed by atoms with Gasteiger partial charge in [0.15, 0.2) is 0 Å². The molecule has 0 spiro atoms. The molecule has 2 heterocycles. The lowest BCUT2D eigenvalue weighted by Crippen LogP contribution is -2.15. The number of hydrogen-bond acceptors (Lipinski definition) is 6. The lowest BCUT2D eigenvalue weighted by Gasteiger charge is -2.11. The van der Waals surface area contributed by atoms with Crippen LogP contribution in [0.25, 0.3) is 22.4 Å². The summed E-state index contributed by atoms with van der Waals surface area (Å²) in [5.74, 6) is -1.65. The number of nitrogens with one attached hydrogen (secondary N) is 2. The molecule has 0 aliphatic heterocycles. The highest BCUT2D eigenvalue weighted by Crippen LogP contribution is 2.28. The molecule has 0 fully saturated rings. The number of methoxy groups -OCH3 is 1. The summed E-state index contributed by atoms with van der Waals surface area (Å²) in [5.41, 5.74) is 1.82. The summed E-state index contributed by atoms with van der Waals surface area (Å²) >= 11 is 0. The van der Waals surface area contributed by atoms with E-state index < -0.39 is 23.6 Å². The smallest absolute Gasteiger partial charge is 0.411 e. The van der Waals surface area contributed by atoms with Crippen molar-refractivity contribution in [3.05, 3.63) is 71.4 Å². The lowest BCUT2D eigenvalue weighted by atomic mass is 10.0. The Morgan fingerprint density at radius 2 is 1.78 bits per heavy atom. The predicted molar refractivity (Wildman–Crippen MR) is 112 cm³/mol. The zero-order valence-electron chi connectivity index (χ0n) is 16.9. The van der Waals surface area contributed by atoms with Gasteiger partial charge in [-0.1, -0.05) is 5.16 Å². The Morgan fingerprint density at radius 1 is 1.03 bits per heavy atom. The fourth-order valence-electron chi connectivity index (χ4n) is 3.10. The van der Waals surface area contributed by atoms with Gasteiger partial charge in [-0.05, 0) is 55.5 Å². The molecule has 0 saturated carbocycles. The number of hydrogen-bond donors (Lipinski definition) is 2. The molecule has 2 aromatic carbocycles. The summed E-state index contributed by atoms with van der Waals surface area (Å²) in [6.45, 7) is 1.66. The summed E-state index contributed by atoms with van der Waals surface area (Å²) in [6.07, 6.45) is -0.854. The maximum Gasteiger partial charge on any atom is 0.411 e. The Morgan fingerprint density at radius 3 is 2.50 bits per heavy atom. The van der Waals surface area contributed by atoms with Crippen molar-refractivity contribution in [2.75, 3.05) is 17.7 Å². The van der Waals surface area contributed by atoms with Crippen LogP contribution in [0.2, 0.25) is 0 Å². The van der Waals surface area contributed by atoms with Gasteiger partial charge in [0.1, 0.15) is 11.6 Å². The number of anilines is 2. The molecule has 0 bridgehead atoms. The SMILES string of the molecule is COC(=O)Nc1cc(NC(=O)c2cc(-c3ccc(F)cc3)nc3onc(C)c23)ccc1F. The molecular formula is C22H16F2N4O4. The van der Waals surface area contributed by atoms with Gasteiger partial charge in [-0.15, -0.1) is 0 Å². The standard InChI is InChI=1S/C22H16F2N4O4/c1-11-19-15(10-17(26-21(19)32-28-11)12-3-5-13(23)6-4-12)20(29)25-14-7-8-16(24)18(9-14)27-22(30)31-2/h3-10H,1-2H3,(H,25,29)(H,27,30). The van der Waals surface area contributed by atoms with E-state index in [-0.39, 0.29) is 22.7 Å². The molecule has 10 heteroatoms. The van der Waals surface area contributed by atoms with Crippen LogP contribution in [0, 0.1) is 18.6 Å². The predicted octanol–water partition coefficient (Wildman–Crippen LogP) is 4.91. The summed E-state index contributed by atoms with van der Waals surface area (Å²) in [7, 11) is 1.15. The zero-order chi connectivity index (χ0) is 22.8. The van der Waals surface area contributed by atoms with Crippen LogP contribution < -0.4 is 10.6 Å². The summed E-state index contributed by atoms with van der Waals surface area (Å²) < 4.78 is 37.0. The minimum atomic E-state index is -0.854. The maximum atomic E-state index is 14.0. The number of carbonyl (C=O) groups is 2. The minimum absolute atomic E-state index is 0.140. The van der Waals surface area contributed by atoms with Crippen molar-refractivity contribution in [1.82, 2.24) is 10.1 Å². The van der Waals surface area contributed by atoms with Gasteiger partial charge in [-0.25, -0.2) is 18.6 Å². The number of fused-ring (bicyclic) bond motifs is 1. The first-order valence-electron chi connectivity index (χ1n) is 9.34. The van der Waals surface area contributed by atoms with E-state index in [1.165, 1.54) is 42.5 Å². The number of pyridine rings is 1. The van der Waals surface area contributed by atoms with Gasteiger partial charge in [-0.2, -0.15) is 0 Å². The molecule has 4 aromatic rings. The van der Waals surface area contributed by atoms with Crippen LogP contribution >= 0.6 is 0 Å². The number of benzene rings is 2. The van der Waals surface area contributed by atoms with E-state index in [2.05, 4.69) is 25.5 Å². The normalized spacial score (nSPS) is 10.8. The molecule has 162 valence electrons. The number of rotatable bonds is 4. The number of aryl methyl sites for hydroxylation is 1. The van der Waals surface area contributed by atoms with Gasteiger partial charge in [0, 0.05) is 11.3 Å². The molecule has 4 rings (SSSR count). The molecule has 2 amide bonds. The fourth-order valence-corrected chi connectivity index (χ4v) is 3.10. The molecule has 0 atom stereocenters. The van der Waals surface area contributed by atoms with E-state index >= 15 is 0 Å². The van der Waals surface area contributed by atoms with Crippen molar-refractivity contribution in [2.45, 2.75) is 6.92 Å². The summed E-state index contributed by atoms with van der Waals surface area (Å²) in [6, 6.07) is 10.8. The van der Waals surface area contributed by atoms with E-state index in [1.807, 2.05) is 0 Å². The van der Waals surface area contributed by atoms with Crippen molar-refractivity contribution >= 4 is 34.5 Å². The summed E-state index contributed by atoms with van der Waals surface area (Å²) in [4.78, 5) is 28.9. The average molecular weight is 438 g/mol. The second kappa shape index (κ2) is 8.42. The van der Waals surface area contributed by atoms with Crippen molar-refractivity contribution in [2.24, 2.45) is 0 Å². The Labute approximate surface area is 180 Å². The highest BCUT2D eigenvalue weighted by Gasteiger charge is 2.20. The minimum Gasteiger partial charge on any atom is -0.453 e. The molecule has 32 heavy (non-hydrogen) atoms. The molecule has 0 aliphatic carbocycles. The van der Waals surface area contributed by atoms with Crippen LogP contribution in [-0.2, 0) is 4.74 Å². The van der Waals surface area contributed by atoms with Gasteiger partial charge in [0.25, 0.3) is 11.6 Å². The number of nitrogens with zero attached hydrogens (tertiary/aromatic N) is 2. The molecule has 0 unspecified atom stereocenters. The van der Waals surface area contributed by atoms with Gasteiger partial charge >= 0.3 is 6.09 Å². The molecule has 2 aromatic heterocycles. The maximum absolute atomic E-state index is 14.0. The highest BCUT2D eigenvalue weighted by atomic mass is 19.1. The van der Waals surface area contributed by atoms with E-state index in [1.54, 1.807) is 6.92 Å². The Kier molecular flexibility index (Phi) is 5.50. The van der Waals surface area contributed by atoms with Crippen LogP contribution in [0.15, 0.2) is 53.1 Å². The monoisotopic (exact) mass is 438 g/mol. The van der Waals surface area contributed by atoms with Crippen molar-refractivity contribution in [3.63, 3.8) is 0 Å². The lowest BCUT2D eigenvalue weighted by molar-refractivity contribution is 0.102. The van der Waals surface area contributed by atoms with Gasteiger partial charge < -0.3 is 14.6 Å². The third-order valence-corrected chi connectivity index (χ3v) is 4.65. The Balaban J connectivity index is 1.72. The van der Waals surface area contributed by atoms with Crippen molar-refractivity contribution in [1.29, 1.82) is 0 Å². The van der Waals surface area contributed by atoms with Crippen LogP contribution in [0.1, 0.15) is 16.1 Å².